The van der Waals surface area contributed by atoms with Gasteiger partial charge in [-0.3, -0.25) is 4.79 Å². The molecule has 152 valence electrons. The second-order valence-corrected chi connectivity index (χ2v) is 9.15. The lowest BCUT2D eigenvalue weighted by Gasteiger charge is -2.33. The molecule has 1 aliphatic rings. The Morgan fingerprint density at radius 2 is 2.03 bits per heavy atom. The van der Waals surface area contributed by atoms with Crippen molar-refractivity contribution in [1.29, 1.82) is 0 Å². The van der Waals surface area contributed by atoms with E-state index in [-0.39, 0.29) is 11.8 Å². The summed E-state index contributed by atoms with van der Waals surface area (Å²) >= 11 is 7.99. The number of fused-ring (bicyclic) bond motifs is 1. The molecule has 1 unspecified atom stereocenters. The number of nitrogens with zero attached hydrogens (tertiary/aromatic N) is 3. The lowest BCUT2D eigenvalue weighted by molar-refractivity contribution is 0.0703. The quantitative estimate of drug-likeness (QED) is 0.478. The number of carbonyl (C=O) groups excluding carboxylic acids is 1. The Balaban J connectivity index is 1.65. The van der Waals surface area contributed by atoms with Crippen LogP contribution in [0.3, 0.4) is 0 Å². The van der Waals surface area contributed by atoms with Gasteiger partial charge >= 0.3 is 0 Å². The van der Waals surface area contributed by atoms with Crippen LogP contribution < -0.4 is 0 Å². The molecule has 0 radical (unpaired) electrons. The Kier molecular flexibility index (Phi) is 5.88. The average Bonchev–Trinajstić information content (AvgIpc) is 3.13. The van der Waals surface area contributed by atoms with Gasteiger partial charge in [0.15, 0.2) is 0 Å². The largest absolute Gasteiger partial charge is 0.338 e. The molecule has 4 nitrogen and oxygen atoms in total. The monoisotopic (exact) mass is 427 g/mol. The molecule has 1 saturated heterocycles. The van der Waals surface area contributed by atoms with Crippen molar-refractivity contribution in [2.45, 2.75) is 43.5 Å². The van der Waals surface area contributed by atoms with Gasteiger partial charge in [0, 0.05) is 29.9 Å². The average molecular weight is 428 g/mol. The van der Waals surface area contributed by atoms with Crippen LogP contribution in [0.15, 0.2) is 47.4 Å². The zero-order valence-electron chi connectivity index (χ0n) is 17.1. The van der Waals surface area contributed by atoms with E-state index in [0.29, 0.717) is 23.2 Å². The van der Waals surface area contributed by atoms with Gasteiger partial charge in [0.2, 0.25) is 0 Å². The summed E-state index contributed by atoms with van der Waals surface area (Å²) in [6, 6.07) is 14.3. The first-order valence-electron chi connectivity index (χ1n) is 10.1. The van der Waals surface area contributed by atoms with Gasteiger partial charge in [-0.25, -0.2) is 4.98 Å². The molecule has 3 aromatic rings. The third-order valence-corrected chi connectivity index (χ3v) is 6.67. The minimum absolute atomic E-state index is 0.0165. The van der Waals surface area contributed by atoms with Gasteiger partial charge in [0.25, 0.3) is 5.91 Å². The first-order valence-corrected chi connectivity index (χ1v) is 11.7. The molecular formula is C23H26ClN3OS. The van der Waals surface area contributed by atoms with Gasteiger partial charge in [-0.15, -0.1) is 11.8 Å². The number of halogens is 1. The summed E-state index contributed by atoms with van der Waals surface area (Å²) in [5, 5.41) is 0.518. The number of piperidine rings is 1. The van der Waals surface area contributed by atoms with Crippen LogP contribution in [-0.2, 0) is 0 Å². The Labute approximate surface area is 181 Å². The van der Waals surface area contributed by atoms with Gasteiger partial charge < -0.3 is 9.47 Å². The fraction of sp³-hybridized carbons (Fsp3) is 0.391. The minimum Gasteiger partial charge on any atom is -0.338 e. The Hall–Kier alpha value is -1.98. The van der Waals surface area contributed by atoms with E-state index in [9.17, 15) is 4.79 Å². The Morgan fingerprint density at radius 1 is 1.24 bits per heavy atom. The van der Waals surface area contributed by atoms with Crippen LogP contribution in [0.4, 0.5) is 0 Å². The number of para-hydroxylation sites is 2. The fourth-order valence-electron chi connectivity index (χ4n) is 4.23. The van der Waals surface area contributed by atoms with Crippen LogP contribution in [0.25, 0.3) is 11.0 Å². The zero-order chi connectivity index (χ0) is 20.5. The van der Waals surface area contributed by atoms with Crippen molar-refractivity contribution in [3.63, 3.8) is 0 Å². The highest BCUT2D eigenvalue weighted by Crippen LogP contribution is 2.33. The lowest BCUT2D eigenvalue weighted by atomic mass is 9.96. The summed E-state index contributed by atoms with van der Waals surface area (Å²) in [4.78, 5) is 21.2. The van der Waals surface area contributed by atoms with Crippen LogP contribution in [0.2, 0.25) is 5.02 Å². The first-order chi connectivity index (χ1) is 14.0. The van der Waals surface area contributed by atoms with Crippen molar-refractivity contribution in [2.24, 2.45) is 0 Å². The predicted molar refractivity (Wildman–Crippen MR) is 121 cm³/mol. The SMILES string of the molecule is CSc1ccc(Cl)c(C(=O)N2CCCC(c3nc4ccccc4n3C(C)C)C2)c1. The standard InChI is InChI=1S/C23H26ClN3OS/c1-15(2)27-21-9-5-4-8-20(21)25-22(27)16-7-6-12-26(14-16)23(28)18-13-17(29-3)10-11-19(18)24/h4-5,8-11,13,15-16H,6-7,12,14H2,1-3H3. The van der Waals surface area contributed by atoms with Crippen LogP contribution in [0, 0.1) is 0 Å². The molecule has 1 aromatic heterocycles. The fourth-order valence-corrected chi connectivity index (χ4v) is 4.87. The summed E-state index contributed by atoms with van der Waals surface area (Å²) in [6.07, 6.45) is 4.01. The molecule has 1 fully saturated rings. The van der Waals surface area contributed by atoms with E-state index >= 15 is 0 Å². The second-order valence-electron chi connectivity index (χ2n) is 7.86. The Bertz CT molecular complexity index is 1050. The highest BCUT2D eigenvalue weighted by atomic mass is 35.5. The molecule has 1 atom stereocenters. The molecule has 4 rings (SSSR count). The maximum atomic E-state index is 13.3. The summed E-state index contributed by atoms with van der Waals surface area (Å²) in [6.45, 7) is 5.82. The van der Waals surface area contributed by atoms with Crippen LogP contribution in [0.1, 0.15) is 54.8 Å². The molecule has 29 heavy (non-hydrogen) atoms. The van der Waals surface area contributed by atoms with E-state index < -0.39 is 0 Å². The molecular weight excluding hydrogens is 402 g/mol. The third kappa shape index (κ3) is 3.90. The van der Waals surface area contributed by atoms with E-state index in [1.807, 2.05) is 35.4 Å². The molecule has 2 heterocycles. The number of imidazole rings is 1. The van der Waals surface area contributed by atoms with Crippen molar-refractivity contribution >= 4 is 40.3 Å². The number of thioether (sulfide) groups is 1. The highest BCUT2D eigenvalue weighted by Gasteiger charge is 2.30. The maximum absolute atomic E-state index is 13.3. The lowest BCUT2D eigenvalue weighted by Crippen LogP contribution is -2.40. The topological polar surface area (TPSA) is 38.1 Å². The van der Waals surface area contributed by atoms with Crippen molar-refractivity contribution < 1.29 is 4.79 Å². The number of aromatic nitrogens is 2. The minimum atomic E-state index is 0.0165. The molecule has 1 aliphatic heterocycles. The number of likely N-dealkylation sites (tertiary alicyclic amines) is 1. The number of hydrogen-bond acceptors (Lipinski definition) is 3. The van der Waals surface area contributed by atoms with Gasteiger partial charge in [0.1, 0.15) is 5.82 Å². The number of carbonyl (C=O) groups is 1. The van der Waals surface area contributed by atoms with Crippen LogP contribution >= 0.6 is 23.4 Å². The van der Waals surface area contributed by atoms with E-state index in [1.54, 1.807) is 11.8 Å². The number of rotatable bonds is 4. The van der Waals surface area contributed by atoms with Gasteiger partial charge in [-0.2, -0.15) is 0 Å². The molecule has 0 spiro atoms. The summed E-state index contributed by atoms with van der Waals surface area (Å²) in [5.41, 5.74) is 2.78. The smallest absolute Gasteiger partial charge is 0.255 e. The molecule has 2 aromatic carbocycles. The van der Waals surface area contributed by atoms with Crippen LogP contribution in [0.5, 0.6) is 0 Å². The van der Waals surface area contributed by atoms with Crippen molar-refractivity contribution in [3.8, 4) is 0 Å². The van der Waals surface area contributed by atoms with E-state index in [4.69, 9.17) is 16.6 Å². The zero-order valence-corrected chi connectivity index (χ0v) is 18.6. The van der Waals surface area contributed by atoms with Crippen molar-refractivity contribution in [2.75, 3.05) is 19.3 Å². The van der Waals surface area contributed by atoms with Gasteiger partial charge in [0.05, 0.1) is 21.6 Å². The second kappa shape index (κ2) is 8.41. The molecule has 0 N–H and O–H groups in total. The molecule has 0 saturated carbocycles. The molecule has 1 amide bonds. The predicted octanol–water partition coefficient (Wildman–Crippen LogP) is 6.01. The van der Waals surface area contributed by atoms with Crippen LogP contribution in [-0.4, -0.2) is 39.7 Å². The van der Waals surface area contributed by atoms with E-state index in [2.05, 4.69) is 36.6 Å². The number of benzene rings is 2. The van der Waals surface area contributed by atoms with Gasteiger partial charge in [-0.05, 0) is 63.3 Å². The van der Waals surface area contributed by atoms with Crippen molar-refractivity contribution in [1.82, 2.24) is 14.5 Å². The highest BCUT2D eigenvalue weighted by molar-refractivity contribution is 7.98. The summed E-state index contributed by atoms with van der Waals surface area (Å²) in [7, 11) is 0. The summed E-state index contributed by atoms with van der Waals surface area (Å²) < 4.78 is 2.33. The van der Waals surface area contributed by atoms with E-state index in [1.165, 1.54) is 0 Å². The molecule has 0 bridgehead atoms. The van der Waals surface area contributed by atoms with Gasteiger partial charge in [-0.1, -0.05) is 23.7 Å². The summed E-state index contributed by atoms with van der Waals surface area (Å²) in [5.74, 6) is 1.33. The molecule has 6 heteroatoms. The third-order valence-electron chi connectivity index (χ3n) is 5.62. The number of hydrogen-bond donors (Lipinski definition) is 0. The first kappa shape index (κ1) is 20.3. The molecule has 0 aliphatic carbocycles. The normalized spacial score (nSPS) is 17.3. The number of amides is 1. The van der Waals surface area contributed by atoms with Crippen molar-refractivity contribution in [3.05, 3.63) is 58.9 Å². The Morgan fingerprint density at radius 3 is 2.79 bits per heavy atom. The van der Waals surface area contributed by atoms with E-state index in [0.717, 1.165) is 41.1 Å². The maximum Gasteiger partial charge on any atom is 0.255 e.